The minimum absolute atomic E-state index is 0. The number of carbonyl (C=O) groups is 9. The maximum Gasteiger partial charge on any atom is 0.322 e. The van der Waals surface area contributed by atoms with Crippen LogP contribution in [0.2, 0.25) is 0 Å². The van der Waals surface area contributed by atoms with Crippen molar-refractivity contribution in [3.05, 3.63) is 63.9 Å². The number of aliphatic imine (C=N–C) groups is 3. The van der Waals surface area contributed by atoms with Gasteiger partial charge in [-0.25, -0.2) is 4.98 Å². The van der Waals surface area contributed by atoms with Crippen LogP contribution in [0.25, 0.3) is 11.0 Å². The fourth-order valence-electron chi connectivity index (χ4n) is 15.8. The number of hydrogen-bond acceptors (Lipinski definition) is 23. The van der Waals surface area contributed by atoms with Gasteiger partial charge in [-0.05, 0) is 108 Å². The van der Waals surface area contributed by atoms with Crippen molar-refractivity contribution >= 4 is 102 Å². The van der Waals surface area contributed by atoms with E-state index >= 15 is 0 Å². The number of rotatable bonds is 30. The Labute approximate surface area is 607 Å². The number of aliphatic hydroxyl groups is 2. The second kappa shape index (κ2) is 32.8. The first-order valence-corrected chi connectivity index (χ1v) is 35.6. The van der Waals surface area contributed by atoms with Crippen LogP contribution in [0.3, 0.4) is 0 Å². The predicted octanol–water partition coefficient (Wildman–Crippen LogP) is 0.973. The molecule has 0 saturated carbocycles. The number of nitrogens with one attached hydrogen (secondary N) is 3. The van der Waals surface area contributed by atoms with E-state index < -0.39 is 168 Å². The van der Waals surface area contributed by atoms with Gasteiger partial charge in [0.25, 0.3) is 7.82 Å². The maximum atomic E-state index is 14.4. The van der Waals surface area contributed by atoms with Gasteiger partial charge in [-0.3, -0.25) is 62.7 Å². The fraction of sp³-hybridized carbons (Fsp3) is 0.627. The number of benzene rings is 1. The molecule has 0 spiro atoms. The van der Waals surface area contributed by atoms with E-state index in [1.807, 2.05) is 87.4 Å². The zero-order chi connectivity index (χ0) is 75.6. The van der Waals surface area contributed by atoms with Crippen LogP contribution in [0.1, 0.15) is 150 Å². The van der Waals surface area contributed by atoms with Crippen LogP contribution in [-0.4, -0.2) is 163 Å². The summed E-state index contributed by atoms with van der Waals surface area (Å²) < 4.78 is 31.9. The van der Waals surface area contributed by atoms with Crippen molar-refractivity contribution in [3.63, 3.8) is 0 Å². The number of phosphoric ester groups is 1. The molecule has 8 rings (SSSR count). The molecular weight excluding hydrogens is 1410 g/mol. The molecule has 6 unspecified atom stereocenters. The van der Waals surface area contributed by atoms with Crippen LogP contribution in [0.5, 0.6) is 0 Å². The minimum atomic E-state index is -5.32. The molecule has 16 atom stereocenters. The van der Waals surface area contributed by atoms with Gasteiger partial charge in [-0.1, -0.05) is 34.6 Å². The number of carbonyl (C=O) groups excluding carboxylic acids is 8. The number of carboxylic acid groups (broad SMARTS) is 1. The molecule has 0 aliphatic carbocycles. The summed E-state index contributed by atoms with van der Waals surface area (Å²) in [6.45, 7) is 18.7. The van der Waals surface area contributed by atoms with E-state index in [4.69, 9.17) is 74.0 Å². The number of allylic oxidation sites excluding steroid dienone is 6. The molecule has 2 fully saturated rings. The number of aromatic nitrogens is 2. The van der Waals surface area contributed by atoms with Crippen LogP contribution in [0.4, 0.5) is 0 Å². The largest absolute Gasteiger partial charge is 0.756 e. The Morgan fingerprint density at radius 2 is 1.40 bits per heavy atom. The number of carboxylic acids is 1. The number of aliphatic hydroxyl groups excluding tert-OH is 2. The summed E-state index contributed by atoms with van der Waals surface area (Å²) in [7, 11) is -5.32. The average Bonchev–Trinajstić information content (AvgIpc) is 1.53. The number of primary amides is 6. The molecule has 7 heterocycles. The third kappa shape index (κ3) is 17.6. The van der Waals surface area contributed by atoms with Gasteiger partial charge in [0.05, 0.1) is 47.7 Å². The Hall–Kier alpha value is -7.24. The molecule has 35 heteroatoms. The van der Waals surface area contributed by atoms with Crippen LogP contribution in [-0.2, 0) is 78.3 Å². The van der Waals surface area contributed by atoms with Gasteiger partial charge in [0.1, 0.15) is 24.9 Å². The first kappa shape index (κ1) is 83.7. The molecule has 565 valence electrons. The minimum Gasteiger partial charge on any atom is -0.756 e. The number of thiol groups is 1. The fourth-order valence-corrected chi connectivity index (χ4v) is 17.1. The Kier molecular flexibility index (Phi) is 26.9. The van der Waals surface area contributed by atoms with Crippen molar-refractivity contribution in [2.75, 3.05) is 25.4 Å². The molecule has 8 amide bonds. The summed E-state index contributed by atoms with van der Waals surface area (Å²) in [6.07, 6.45) is -4.57. The Morgan fingerprint density at radius 3 is 1.96 bits per heavy atom. The van der Waals surface area contributed by atoms with E-state index in [1.165, 1.54) is 17.8 Å². The van der Waals surface area contributed by atoms with Gasteiger partial charge >= 0.3 is 5.97 Å². The maximum absolute atomic E-state index is 14.4. The van der Waals surface area contributed by atoms with Gasteiger partial charge in [0.15, 0.2) is 6.23 Å². The third-order valence-corrected chi connectivity index (χ3v) is 23.0. The van der Waals surface area contributed by atoms with Gasteiger partial charge in [0, 0.05) is 154 Å². The molecule has 1 radical (unpaired) electrons. The van der Waals surface area contributed by atoms with E-state index in [0.29, 0.717) is 56.4 Å². The first-order valence-electron chi connectivity index (χ1n) is 33.5. The monoisotopic (exact) mass is 1510 g/mol. The van der Waals surface area contributed by atoms with Crippen molar-refractivity contribution in [2.45, 2.75) is 195 Å². The summed E-state index contributed by atoms with van der Waals surface area (Å²) >= 11 is 3.77. The Balaban J connectivity index is 0.00000125. The van der Waals surface area contributed by atoms with Crippen molar-refractivity contribution in [1.82, 2.24) is 25.5 Å². The van der Waals surface area contributed by atoms with Gasteiger partial charge in [-0.15, -0.1) is 0 Å². The molecule has 8 bridgehead atoms. The number of ether oxygens (including phenoxy) is 1. The van der Waals surface area contributed by atoms with E-state index in [1.54, 1.807) is 0 Å². The zero-order valence-electron chi connectivity index (χ0n) is 59.3. The third-order valence-electron chi connectivity index (χ3n) is 21.5. The number of phosphoric acid groups is 1. The molecule has 20 N–H and O–H groups in total. The molecule has 1 aromatic carbocycles. The number of imidazole rings is 1. The average molecular weight is 1510 g/mol. The summed E-state index contributed by atoms with van der Waals surface area (Å²) in [4.78, 5) is 149. The van der Waals surface area contributed by atoms with Crippen molar-refractivity contribution in [2.24, 2.45) is 100 Å². The van der Waals surface area contributed by atoms with Gasteiger partial charge in [-0.2, -0.15) is 12.6 Å². The summed E-state index contributed by atoms with van der Waals surface area (Å²) in [5.74, 6) is -8.63. The first-order chi connectivity index (χ1) is 46.9. The zero-order valence-corrected chi connectivity index (χ0v) is 62.2. The molecule has 32 nitrogen and oxygen atoms in total. The number of aryl methyl sites for hydroxylation is 2. The summed E-state index contributed by atoms with van der Waals surface area (Å²) in [5, 5.41) is 38.4. The SMILES string of the molecule is C/C1=C2N=C(/C=C3\N/C(=C(/C)C4=NC(C)(C5N=C1[C@](C)(CCC(=O)NCC(C)OP(=O)([O-])O[C@@H]1[C@@H](O)[C@@H](n6cnc7cc(C)c(C)cc76)O[C@@H]1CO)C5CC(N)=O)[C@@](C)(CC(N)=O)[C@@H]4CCC(N)=O)[C@@](C)(CC(N)=O)[C@@H]3CCC(N)=O)C(C)(C)[C@@H]/2CCC(N)=O.NC(CS)C(=O)NCC(=O)O.[Co]. The smallest absolute Gasteiger partial charge is 0.322 e. The van der Waals surface area contributed by atoms with Crippen LogP contribution < -0.4 is 61.0 Å². The quantitative estimate of drug-likeness (QED) is 0.0383. The number of nitrogens with zero attached hydrogens (tertiary/aromatic N) is 5. The van der Waals surface area contributed by atoms with Gasteiger partial charge < -0.3 is 94.7 Å². The van der Waals surface area contributed by atoms with Crippen molar-refractivity contribution in [1.29, 1.82) is 0 Å². The van der Waals surface area contributed by atoms with Gasteiger partial charge in [0.2, 0.25) is 47.3 Å². The van der Waals surface area contributed by atoms with Crippen molar-refractivity contribution < 1.29 is 98.5 Å². The van der Waals surface area contributed by atoms with Crippen LogP contribution in [0, 0.1) is 59.2 Å². The van der Waals surface area contributed by atoms with E-state index in [-0.39, 0.29) is 99.7 Å². The Morgan fingerprint density at radius 1 is 0.814 bits per heavy atom. The van der Waals surface area contributed by atoms with E-state index in [9.17, 15) is 62.8 Å². The normalized spacial score (nSPS) is 31.5. The topological polar surface area (TPSA) is 555 Å². The number of fused-ring (bicyclic) bond motifs is 7. The molecule has 6 aliphatic heterocycles. The number of amides is 8. The molecule has 1 aromatic heterocycles. The second-order valence-corrected chi connectivity index (χ2v) is 30.6. The molecule has 2 saturated heterocycles. The molecular formula is C67H99CoN15O17PS-. The number of aliphatic carboxylic acids is 1. The van der Waals surface area contributed by atoms with Crippen molar-refractivity contribution in [3.8, 4) is 0 Å². The number of hydrogen-bond donors (Lipinski definition) is 14. The van der Waals surface area contributed by atoms with Crippen LogP contribution >= 0.6 is 20.5 Å². The predicted molar refractivity (Wildman–Crippen MR) is 374 cm³/mol. The summed E-state index contributed by atoms with van der Waals surface area (Å²) in [6, 6.07) is 1.93. The standard InChI is InChI=1S/C62H90N13O14P.C5H10N2O3S.Co/c1-29-20-39-40(21-30(29)2)75(28-70-39)57-52(84)53(41(27-76)87-57)89-90(85,86)88-31(3)26-69-49(83)18-19-59(8)37(22-46(66)80)56-62(11)61(10,25-48(68)82)36(14-17-45(65)79)51(74-62)33(5)55-60(9,24-47(67)81)34(12-15-43(63)77)38(71-55)23-42-58(6,7)35(13-16-44(64)78)50(72-42)32(4)54(59)73-56;6-3(2-11)5(10)7-1-4(8)9;/h20-21,23,28,31,34-37,41,52-53,56-57,71,76,84H,12-19,22,24-27H2,1-11H3,(H2,63,77)(H2,64,78)(H2,65,79)(H2,66,80)(H2,67,81)(H2,68,82)(H,69,83)(H,85,86);3,11H,1-2,6H2,(H,7,10)(H,8,9);/p-1/b38-23-,50-32-,55-33-;;/t31?,34-,35-,36-,37?,41-,52-,53+,56?,57+,59-,60+,61+,62?;;/m1../s1. The Bertz CT molecular complexity index is 3900. The van der Waals surface area contributed by atoms with Crippen LogP contribution in [0.15, 0.2) is 67.8 Å². The summed E-state index contributed by atoms with van der Waals surface area (Å²) in [5.41, 5.74) is 42.4. The molecule has 6 aliphatic rings. The molecule has 102 heavy (non-hydrogen) atoms. The van der Waals surface area contributed by atoms with E-state index in [2.05, 4.69) is 33.6 Å². The number of nitrogens with two attached hydrogens (primary N) is 7. The van der Waals surface area contributed by atoms with E-state index in [0.717, 1.165) is 11.1 Å². The second-order valence-electron chi connectivity index (χ2n) is 29.0. The molecule has 2 aromatic rings.